The largest absolute Gasteiger partial charge is 0.455 e. The Labute approximate surface area is 294 Å². The molecule has 4 nitrogen and oxygen atoms in total. The third-order valence-corrected chi connectivity index (χ3v) is 9.74. The van der Waals surface area contributed by atoms with Crippen LogP contribution in [0.5, 0.6) is 0 Å². The van der Waals surface area contributed by atoms with Crippen LogP contribution in [0.2, 0.25) is 0 Å². The van der Waals surface area contributed by atoms with Gasteiger partial charge in [0.2, 0.25) is 0 Å². The molecule has 0 aliphatic heterocycles. The van der Waals surface area contributed by atoms with Crippen LogP contribution in [-0.2, 0) is 0 Å². The maximum absolute atomic E-state index is 6.56. The molecule has 4 heteroatoms. The molecule has 0 bridgehead atoms. The molecule has 0 N–H and O–H groups in total. The van der Waals surface area contributed by atoms with Crippen molar-refractivity contribution in [1.82, 2.24) is 15.0 Å². The van der Waals surface area contributed by atoms with E-state index in [4.69, 9.17) is 19.4 Å². The van der Waals surface area contributed by atoms with E-state index in [2.05, 4.69) is 121 Å². The Balaban J connectivity index is 1.13. The van der Waals surface area contributed by atoms with Crippen LogP contribution in [0.1, 0.15) is 0 Å². The first-order chi connectivity index (χ1) is 25.3. The van der Waals surface area contributed by atoms with Crippen molar-refractivity contribution in [2.45, 2.75) is 0 Å². The van der Waals surface area contributed by atoms with Crippen LogP contribution >= 0.6 is 0 Å². The zero-order valence-electron chi connectivity index (χ0n) is 27.5. The fraction of sp³-hybridized carbons (Fsp3) is 0. The normalized spacial score (nSPS) is 11.5. The van der Waals surface area contributed by atoms with E-state index in [-0.39, 0.29) is 0 Å². The van der Waals surface area contributed by atoms with Crippen LogP contribution in [-0.4, -0.2) is 15.0 Å². The van der Waals surface area contributed by atoms with Gasteiger partial charge in [-0.25, -0.2) is 15.0 Å². The van der Waals surface area contributed by atoms with Gasteiger partial charge in [-0.2, -0.15) is 0 Å². The fourth-order valence-electron chi connectivity index (χ4n) is 7.19. The van der Waals surface area contributed by atoms with E-state index >= 15 is 0 Å². The molecule has 0 radical (unpaired) electrons. The number of hydrogen-bond donors (Lipinski definition) is 0. The molecule has 0 aliphatic carbocycles. The van der Waals surface area contributed by atoms with Crippen LogP contribution in [0.15, 0.2) is 180 Å². The summed E-state index contributed by atoms with van der Waals surface area (Å²) in [6, 6.07) is 61.0. The molecule has 10 aromatic rings. The Morgan fingerprint density at radius 3 is 1.63 bits per heavy atom. The number of benzene rings is 8. The van der Waals surface area contributed by atoms with Crippen LogP contribution < -0.4 is 0 Å². The van der Waals surface area contributed by atoms with E-state index in [1.54, 1.807) is 0 Å². The van der Waals surface area contributed by atoms with Crippen LogP contribution in [0.4, 0.5) is 0 Å². The molecule has 51 heavy (non-hydrogen) atoms. The lowest BCUT2D eigenvalue weighted by Crippen LogP contribution is -2.00. The highest BCUT2D eigenvalue weighted by molar-refractivity contribution is 6.16. The van der Waals surface area contributed by atoms with Crippen molar-refractivity contribution >= 4 is 43.5 Å². The molecule has 0 atom stereocenters. The van der Waals surface area contributed by atoms with Gasteiger partial charge >= 0.3 is 0 Å². The van der Waals surface area contributed by atoms with E-state index < -0.39 is 0 Å². The summed E-state index contributed by atoms with van der Waals surface area (Å²) < 4.78 is 6.56. The average molecular weight is 652 g/mol. The maximum Gasteiger partial charge on any atom is 0.164 e. The standard InChI is InChI=1S/C47H29N3O/c1-3-11-31(12-4-1)38-27-28-40(43-39-17-9-10-18-42(39)51-44(38)43)47-49-45(34-14-5-2-6-15-34)48-46(50-47)35-24-19-30(20-25-35)36-26-23-33-22-21-32-13-7-8-16-37(32)41(33)29-36/h1-29H. The van der Waals surface area contributed by atoms with Crippen molar-refractivity contribution in [3.8, 4) is 56.4 Å². The molecule has 2 aromatic heterocycles. The zero-order valence-corrected chi connectivity index (χ0v) is 27.5. The fourth-order valence-corrected chi connectivity index (χ4v) is 7.19. The highest BCUT2D eigenvalue weighted by Gasteiger charge is 2.20. The summed E-state index contributed by atoms with van der Waals surface area (Å²) in [5.41, 5.74) is 8.80. The number of para-hydroxylation sites is 1. The van der Waals surface area contributed by atoms with Gasteiger partial charge < -0.3 is 4.42 Å². The molecule has 0 amide bonds. The van der Waals surface area contributed by atoms with Gasteiger partial charge in [-0.1, -0.05) is 152 Å². The molecule has 0 fully saturated rings. The minimum atomic E-state index is 0.598. The highest BCUT2D eigenvalue weighted by atomic mass is 16.3. The third-order valence-electron chi connectivity index (χ3n) is 9.74. The van der Waals surface area contributed by atoms with E-state index in [9.17, 15) is 0 Å². The summed E-state index contributed by atoms with van der Waals surface area (Å²) in [5, 5.41) is 7.00. The molecule has 0 aliphatic rings. The molecule has 10 rings (SSSR count). The number of fused-ring (bicyclic) bond motifs is 6. The topological polar surface area (TPSA) is 51.8 Å². The van der Waals surface area contributed by atoms with Gasteiger partial charge in [-0.05, 0) is 62.5 Å². The average Bonchev–Trinajstić information content (AvgIpc) is 3.61. The van der Waals surface area contributed by atoms with Crippen LogP contribution in [0, 0.1) is 0 Å². The van der Waals surface area contributed by atoms with Gasteiger partial charge in [0.25, 0.3) is 0 Å². The van der Waals surface area contributed by atoms with E-state index in [1.165, 1.54) is 27.1 Å². The van der Waals surface area contributed by atoms with Crippen molar-refractivity contribution in [2.24, 2.45) is 0 Å². The first kappa shape index (κ1) is 29.0. The molecular formula is C47H29N3O. The second-order valence-corrected chi connectivity index (χ2v) is 12.8. The lowest BCUT2D eigenvalue weighted by atomic mass is 9.96. The minimum Gasteiger partial charge on any atom is -0.455 e. The molecule has 0 saturated carbocycles. The smallest absolute Gasteiger partial charge is 0.164 e. The maximum atomic E-state index is 6.56. The molecular weight excluding hydrogens is 623 g/mol. The Morgan fingerprint density at radius 1 is 0.333 bits per heavy atom. The lowest BCUT2D eigenvalue weighted by Gasteiger charge is -2.11. The zero-order chi connectivity index (χ0) is 33.7. The number of furan rings is 1. The summed E-state index contributed by atoms with van der Waals surface area (Å²) in [6.07, 6.45) is 0. The van der Waals surface area contributed by atoms with Gasteiger partial charge in [0.05, 0.1) is 0 Å². The van der Waals surface area contributed by atoms with Crippen molar-refractivity contribution in [1.29, 1.82) is 0 Å². The van der Waals surface area contributed by atoms with Gasteiger partial charge in [-0.3, -0.25) is 0 Å². The van der Waals surface area contributed by atoms with E-state index in [0.717, 1.165) is 55.3 Å². The van der Waals surface area contributed by atoms with Gasteiger partial charge in [0, 0.05) is 33.0 Å². The summed E-state index contributed by atoms with van der Waals surface area (Å²) in [4.78, 5) is 15.3. The Kier molecular flexibility index (Phi) is 6.78. The number of nitrogens with zero attached hydrogens (tertiary/aromatic N) is 3. The predicted molar refractivity (Wildman–Crippen MR) is 209 cm³/mol. The molecule has 0 saturated heterocycles. The summed E-state index contributed by atoms with van der Waals surface area (Å²) in [5.74, 6) is 1.83. The highest BCUT2D eigenvalue weighted by Crippen LogP contribution is 2.41. The van der Waals surface area contributed by atoms with Gasteiger partial charge in [0.15, 0.2) is 17.5 Å². The predicted octanol–water partition coefficient (Wildman–Crippen LogP) is 12.4. The molecule has 0 spiro atoms. The van der Waals surface area contributed by atoms with Crippen molar-refractivity contribution in [3.05, 3.63) is 176 Å². The molecule has 2 heterocycles. The Hall–Kier alpha value is -6.91. The second kappa shape index (κ2) is 11.9. The van der Waals surface area contributed by atoms with Crippen LogP contribution in [0.3, 0.4) is 0 Å². The molecule has 8 aromatic carbocycles. The number of aromatic nitrogens is 3. The quantitative estimate of drug-likeness (QED) is 0.174. The van der Waals surface area contributed by atoms with Crippen molar-refractivity contribution in [2.75, 3.05) is 0 Å². The Bertz CT molecular complexity index is 2900. The molecule has 238 valence electrons. The van der Waals surface area contributed by atoms with E-state index in [0.29, 0.717) is 17.5 Å². The molecule has 0 unspecified atom stereocenters. The van der Waals surface area contributed by atoms with Crippen LogP contribution in [0.25, 0.3) is 99.9 Å². The summed E-state index contributed by atoms with van der Waals surface area (Å²) in [7, 11) is 0. The van der Waals surface area contributed by atoms with Gasteiger partial charge in [0.1, 0.15) is 11.2 Å². The van der Waals surface area contributed by atoms with Crippen molar-refractivity contribution in [3.63, 3.8) is 0 Å². The number of hydrogen-bond acceptors (Lipinski definition) is 4. The Morgan fingerprint density at radius 2 is 0.863 bits per heavy atom. The van der Waals surface area contributed by atoms with E-state index in [1.807, 2.05) is 54.6 Å². The monoisotopic (exact) mass is 651 g/mol. The summed E-state index contributed by atoms with van der Waals surface area (Å²) >= 11 is 0. The SMILES string of the molecule is c1ccc(-c2nc(-c3ccc(-c4ccc5ccc6ccccc6c5c4)cc3)nc(-c3ccc(-c4ccccc4)c4oc5ccccc5c34)n2)cc1. The minimum absolute atomic E-state index is 0.598. The number of rotatable bonds is 5. The second-order valence-electron chi connectivity index (χ2n) is 12.8. The first-order valence-electron chi connectivity index (χ1n) is 17.1. The summed E-state index contributed by atoms with van der Waals surface area (Å²) in [6.45, 7) is 0. The lowest BCUT2D eigenvalue weighted by molar-refractivity contribution is 0.670. The first-order valence-corrected chi connectivity index (χ1v) is 17.1. The van der Waals surface area contributed by atoms with Gasteiger partial charge in [-0.15, -0.1) is 0 Å². The third kappa shape index (κ3) is 5.04. The van der Waals surface area contributed by atoms with Crippen molar-refractivity contribution < 1.29 is 4.42 Å².